The SMILES string of the molecule is CC.CC.COc1cccc(B(O)O)c1.COc1ccccc1B(O)O.NCc1cccc(B(O)O)c1. The van der Waals surface area contributed by atoms with E-state index in [1.807, 2.05) is 33.8 Å². The predicted octanol–water partition coefficient (Wildman–Crippen LogP) is -0.372. The molecule has 0 aromatic heterocycles. The van der Waals surface area contributed by atoms with Crippen molar-refractivity contribution >= 4 is 37.7 Å². The van der Waals surface area contributed by atoms with Crippen LogP contribution < -0.4 is 31.6 Å². The molecule has 0 amide bonds. The van der Waals surface area contributed by atoms with Gasteiger partial charge in [-0.3, -0.25) is 0 Å². The molecule has 8 N–H and O–H groups in total. The van der Waals surface area contributed by atoms with Crippen LogP contribution in [0.4, 0.5) is 0 Å². The minimum atomic E-state index is -1.47. The van der Waals surface area contributed by atoms with Gasteiger partial charge in [0.15, 0.2) is 0 Å². The highest BCUT2D eigenvalue weighted by atomic mass is 16.5. The number of hydrogen-bond donors (Lipinski definition) is 7. The third-order valence-corrected chi connectivity index (χ3v) is 4.29. The second kappa shape index (κ2) is 22.4. The fourth-order valence-corrected chi connectivity index (χ4v) is 2.56. The van der Waals surface area contributed by atoms with Gasteiger partial charge in [-0.15, -0.1) is 0 Å². The van der Waals surface area contributed by atoms with Crippen molar-refractivity contribution in [3.8, 4) is 11.5 Å². The van der Waals surface area contributed by atoms with Crippen molar-refractivity contribution in [3.05, 3.63) is 78.4 Å². The third-order valence-electron chi connectivity index (χ3n) is 4.29. The van der Waals surface area contributed by atoms with Crippen molar-refractivity contribution in [1.82, 2.24) is 0 Å². The van der Waals surface area contributed by atoms with Gasteiger partial charge >= 0.3 is 21.4 Å². The van der Waals surface area contributed by atoms with Crippen molar-refractivity contribution in [2.45, 2.75) is 34.2 Å². The standard InChI is InChI=1S/C7H10BNO2.2C7H9BO3.2C2H6/c9-5-6-2-1-3-7(4-6)8(10)11;1-11-7-4-2-3-6(5-7)8(9)10;1-11-7-5-3-2-4-6(7)8(9)10;2*1-2/h1-4,10-11H,5,9H2;2*2-5,9-10H,1H3;2*1-2H3. The fraction of sp³-hybridized carbons (Fsp3) is 0.280. The molecule has 9 nitrogen and oxygen atoms in total. The minimum Gasteiger partial charge on any atom is -0.497 e. The summed E-state index contributed by atoms with van der Waals surface area (Å²) in [4.78, 5) is 0. The molecule has 202 valence electrons. The van der Waals surface area contributed by atoms with Gasteiger partial charge in [0.1, 0.15) is 11.5 Å². The second-order valence-corrected chi connectivity index (χ2v) is 6.59. The number of rotatable bonds is 6. The molecule has 3 aromatic rings. The lowest BCUT2D eigenvalue weighted by atomic mass is 9.80. The molecule has 0 aliphatic rings. The summed E-state index contributed by atoms with van der Waals surface area (Å²) in [5.74, 6) is 1.11. The normalized spacial score (nSPS) is 8.78. The highest BCUT2D eigenvalue weighted by Crippen LogP contribution is 2.05. The predicted molar refractivity (Wildman–Crippen MR) is 152 cm³/mol. The third kappa shape index (κ3) is 15.1. The van der Waals surface area contributed by atoms with E-state index in [9.17, 15) is 0 Å². The molecule has 0 aliphatic carbocycles. The number of benzene rings is 3. The average molecular weight is 515 g/mol. The van der Waals surface area contributed by atoms with E-state index in [4.69, 9.17) is 45.4 Å². The Bertz CT molecular complexity index is 911. The first-order chi connectivity index (χ1) is 17.7. The fourth-order valence-electron chi connectivity index (χ4n) is 2.56. The second-order valence-electron chi connectivity index (χ2n) is 6.59. The summed E-state index contributed by atoms with van der Waals surface area (Å²) in [6.07, 6.45) is 0. The Hall–Kier alpha value is -2.83. The largest absolute Gasteiger partial charge is 0.497 e. The van der Waals surface area contributed by atoms with Gasteiger partial charge in [-0.05, 0) is 34.7 Å². The Morgan fingerprint density at radius 1 is 0.622 bits per heavy atom. The van der Waals surface area contributed by atoms with Crippen molar-refractivity contribution in [2.24, 2.45) is 5.73 Å². The first-order valence-corrected chi connectivity index (χ1v) is 11.9. The highest BCUT2D eigenvalue weighted by molar-refractivity contribution is 6.60. The molecule has 0 spiro atoms. The van der Waals surface area contributed by atoms with Crippen molar-refractivity contribution in [1.29, 1.82) is 0 Å². The molecule has 0 atom stereocenters. The van der Waals surface area contributed by atoms with Gasteiger partial charge in [0.25, 0.3) is 0 Å². The Kier molecular flexibility index (Phi) is 22.0. The molecule has 12 heteroatoms. The zero-order valence-electron chi connectivity index (χ0n) is 22.4. The van der Waals surface area contributed by atoms with E-state index in [1.54, 1.807) is 66.7 Å². The molecule has 0 aliphatic heterocycles. The van der Waals surface area contributed by atoms with Crippen LogP contribution in [-0.4, -0.2) is 65.7 Å². The number of methoxy groups -OCH3 is 2. The lowest BCUT2D eigenvalue weighted by molar-refractivity contribution is 0.403. The van der Waals surface area contributed by atoms with Crippen LogP contribution in [0.25, 0.3) is 0 Å². The quantitative estimate of drug-likeness (QED) is 0.217. The van der Waals surface area contributed by atoms with Gasteiger partial charge < -0.3 is 45.4 Å². The van der Waals surface area contributed by atoms with Crippen LogP contribution in [0.3, 0.4) is 0 Å². The zero-order chi connectivity index (χ0) is 28.8. The summed E-state index contributed by atoms with van der Waals surface area (Å²) in [6, 6.07) is 20.3. The maximum atomic E-state index is 8.81. The highest BCUT2D eigenvalue weighted by Gasteiger charge is 2.15. The molecule has 0 fully saturated rings. The molecule has 3 aromatic carbocycles. The molecule has 37 heavy (non-hydrogen) atoms. The molecular weight excluding hydrogens is 475 g/mol. The Morgan fingerprint density at radius 2 is 1.14 bits per heavy atom. The summed E-state index contributed by atoms with van der Waals surface area (Å²) in [5.41, 5.74) is 7.55. The van der Waals surface area contributed by atoms with E-state index in [0.717, 1.165) is 5.56 Å². The van der Waals surface area contributed by atoms with Crippen LogP contribution in [0, 0.1) is 0 Å². The summed E-state index contributed by atoms with van der Waals surface area (Å²) >= 11 is 0. The van der Waals surface area contributed by atoms with Gasteiger partial charge in [-0.1, -0.05) is 82.3 Å². The topological polar surface area (TPSA) is 166 Å². The van der Waals surface area contributed by atoms with E-state index in [2.05, 4.69) is 0 Å². The van der Waals surface area contributed by atoms with Gasteiger partial charge in [0.05, 0.1) is 14.2 Å². The Morgan fingerprint density at radius 3 is 1.57 bits per heavy atom. The molecule has 3 rings (SSSR count). The van der Waals surface area contributed by atoms with Crippen LogP contribution in [-0.2, 0) is 6.54 Å². The van der Waals surface area contributed by atoms with Crippen LogP contribution in [0.5, 0.6) is 11.5 Å². The van der Waals surface area contributed by atoms with Crippen LogP contribution >= 0.6 is 0 Å². The molecule has 0 unspecified atom stereocenters. The summed E-state index contributed by atoms with van der Waals surface area (Å²) in [5, 5.41) is 52.6. The summed E-state index contributed by atoms with van der Waals surface area (Å²) in [6.45, 7) is 8.42. The van der Waals surface area contributed by atoms with Crippen molar-refractivity contribution in [3.63, 3.8) is 0 Å². The number of para-hydroxylation sites is 1. The Balaban J connectivity index is 0. The monoisotopic (exact) mass is 515 g/mol. The first-order valence-electron chi connectivity index (χ1n) is 11.9. The zero-order valence-corrected chi connectivity index (χ0v) is 22.4. The number of hydrogen-bond acceptors (Lipinski definition) is 9. The molecule has 0 saturated heterocycles. The number of ether oxygens (including phenoxy) is 2. The average Bonchev–Trinajstić information content (AvgIpc) is 2.95. The first kappa shape index (κ1) is 36.3. The van der Waals surface area contributed by atoms with Crippen molar-refractivity contribution in [2.75, 3.05) is 14.2 Å². The van der Waals surface area contributed by atoms with Gasteiger partial charge in [0, 0.05) is 12.0 Å². The Labute approximate surface area is 221 Å². The van der Waals surface area contributed by atoms with E-state index in [0.29, 0.717) is 34.4 Å². The van der Waals surface area contributed by atoms with E-state index in [-0.39, 0.29) is 0 Å². The number of nitrogens with two attached hydrogens (primary N) is 1. The summed E-state index contributed by atoms with van der Waals surface area (Å²) < 4.78 is 9.77. The molecule has 0 heterocycles. The molecule has 0 bridgehead atoms. The van der Waals surface area contributed by atoms with Gasteiger partial charge in [-0.2, -0.15) is 0 Å². The molecule has 0 saturated carbocycles. The van der Waals surface area contributed by atoms with Gasteiger partial charge in [-0.25, -0.2) is 0 Å². The van der Waals surface area contributed by atoms with E-state index >= 15 is 0 Å². The van der Waals surface area contributed by atoms with Crippen molar-refractivity contribution < 1.29 is 39.6 Å². The van der Waals surface area contributed by atoms with E-state index in [1.165, 1.54) is 14.2 Å². The van der Waals surface area contributed by atoms with Crippen LogP contribution in [0.1, 0.15) is 33.3 Å². The maximum absolute atomic E-state index is 8.81. The lowest BCUT2D eigenvalue weighted by Gasteiger charge is -2.05. The summed E-state index contributed by atoms with van der Waals surface area (Å²) in [7, 11) is -1.28. The van der Waals surface area contributed by atoms with Crippen LogP contribution in [0.2, 0.25) is 0 Å². The van der Waals surface area contributed by atoms with Gasteiger partial charge in [0.2, 0.25) is 0 Å². The molecule has 0 radical (unpaired) electrons. The lowest BCUT2D eigenvalue weighted by Crippen LogP contribution is -2.30. The molecular formula is C25H40B3NO8. The maximum Gasteiger partial charge on any atom is 0.492 e. The van der Waals surface area contributed by atoms with Crippen LogP contribution in [0.15, 0.2) is 72.8 Å². The minimum absolute atomic E-state index is 0.384. The smallest absolute Gasteiger partial charge is 0.492 e. The van der Waals surface area contributed by atoms with E-state index < -0.39 is 21.4 Å².